The standard InChI is InChI=1S/C14H11NO2S/c16-13-11-3-1-2-4-12(11)14(10-5-8-18-9-10)15(13)6-7-17-14/h1-5,8-9H,6-7H2. The van der Waals surface area contributed by atoms with Crippen molar-refractivity contribution in [1.82, 2.24) is 4.90 Å². The predicted molar refractivity (Wildman–Crippen MR) is 68.5 cm³/mol. The third kappa shape index (κ3) is 1.05. The summed E-state index contributed by atoms with van der Waals surface area (Å²) in [6, 6.07) is 9.79. The summed E-state index contributed by atoms with van der Waals surface area (Å²) in [7, 11) is 0. The number of nitrogens with zero attached hydrogens (tertiary/aromatic N) is 1. The monoisotopic (exact) mass is 257 g/mol. The Morgan fingerprint density at radius 1 is 1.28 bits per heavy atom. The quantitative estimate of drug-likeness (QED) is 0.785. The van der Waals surface area contributed by atoms with Crippen LogP contribution in [0.1, 0.15) is 21.5 Å². The lowest BCUT2D eigenvalue weighted by Crippen LogP contribution is -2.40. The van der Waals surface area contributed by atoms with E-state index in [-0.39, 0.29) is 5.91 Å². The third-order valence-corrected chi connectivity index (χ3v) is 4.37. The molecule has 4 heteroatoms. The first-order chi connectivity index (χ1) is 8.84. The van der Waals surface area contributed by atoms with Gasteiger partial charge in [-0.3, -0.25) is 9.69 Å². The Morgan fingerprint density at radius 3 is 3.00 bits per heavy atom. The van der Waals surface area contributed by atoms with Crippen molar-refractivity contribution in [2.45, 2.75) is 5.72 Å². The minimum absolute atomic E-state index is 0.0781. The number of amides is 1. The highest BCUT2D eigenvalue weighted by Gasteiger charge is 2.55. The first kappa shape index (κ1) is 10.3. The fourth-order valence-electron chi connectivity index (χ4n) is 2.95. The molecule has 2 aliphatic rings. The maximum atomic E-state index is 12.4. The zero-order valence-corrected chi connectivity index (χ0v) is 10.4. The van der Waals surface area contributed by atoms with Crippen LogP contribution >= 0.6 is 11.3 Å². The highest BCUT2D eigenvalue weighted by atomic mass is 32.1. The van der Waals surface area contributed by atoms with E-state index in [4.69, 9.17) is 4.74 Å². The Kier molecular flexibility index (Phi) is 1.96. The lowest BCUT2D eigenvalue weighted by Gasteiger charge is -2.30. The second kappa shape index (κ2) is 3.43. The summed E-state index contributed by atoms with van der Waals surface area (Å²) >= 11 is 1.63. The molecule has 0 aliphatic carbocycles. The van der Waals surface area contributed by atoms with Gasteiger partial charge < -0.3 is 4.74 Å². The van der Waals surface area contributed by atoms with Gasteiger partial charge in [0.25, 0.3) is 5.91 Å². The van der Waals surface area contributed by atoms with Gasteiger partial charge in [-0.1, -0.05) is 18.2 Å². The molecule has 0 radical (unpaired) electrons. The van der Waals surface area contributed by atoms with E-state index in [1.54, 1.807) is 11.3 Å². The first-order valence-electron chi connectivity index (χ1n) is 5.92. The number of thiophene rings is 1. The number of benzene rings is 1. The van der Waals surface area contributed by atoms with Crippen LogP contribution in [0.4, 0.5) is 0 Å². The molecule has 18 heavy (non-hydrogen) atoms. The molecule has 1 amide bonds. The molecule has 1 aromatic heterocycles. The maximum Gasteiger partial charge on any atom is 0.257 e. The Hall–Kier alpha value is -1.65. The van der Waals surface area contributed by atoms with E-state index >= 15 is 0 Å². The number of rotatable bonds is 1. The molecule has 1 aromatic carbocycles. The van der Waals surface area contributed by atoms with E-state index in [1.165, 1.54) is 0 Å². The van der Waals surface area contributed by atoms with Crippen molar-refractivity contribution in [1.29, 1.82) is 0 Å². The van der Waals surface area contributed by atoms with Crippen molar-refractivity contribution >= 4 is 17.2 Å². The maximum absolute atomic E-state index is 12.4. The average molecular weight is 257 g/mol. The molecule has 3 nitrogen and oxygen atoms in total. The van der Waals surface area contributed by atoms with Crippen LogP contribution in [-0.2, 0) is 10.5 Å². The summed E-state index contributed by atoms with van der Waals surface area (Å²) < 4.78 is 6.02. The highest BCUT2D eigenvalue weighted by Crippen LogP contribution is 2.48. The number of hydrogen-bond acceptors (Lipinski definition) is 3. The normalized spacial score (nSPS) is 25.3. The summed E-state index contributed by atoms with van der Waals surface area (Å²) in [4.78, 5) is 14.3. The molecule has 0 bridgehead atoms. The van der Waals surface area contributed by atoms with Gasteiger partial charge in [0.05, 0.1) is 6.61 Å². The molecule has 1 saturated heterocycles. The minimum Gasteiger partial charge on any atom is -0.345 e. The van der Waals surface area contributed by atoms with Gasteiger partial charge in [-0.2, -0.15) is 11.3 Å². The highest BCUT2D eigenvalue weighted by molar-refractivity contribution is 7.08. The Morgan fingerprint density at radius 2 is 2.17 bits per heavy atom. The number of hydrogen-bond donors (Lipinski definition) is 0. The van der Waals surface area contributed by atoms with Crippen molar-refractivity contribution in [3.05, 3.63) is 57.8 Å². The van der Waals surface area contributed by atoms with E-state index in [9.17, 15) is 4.79 Å². The lowest BCUT2D eigenvalue weighted by molar-refractivity contribution is -0.0301. The van der Waals surface area contributed by atoms with Crippen molar-refractivity contribution in [2.24, 2.45) is 0 Å². The van der Waals surface area contributed by atoms with Crippen LogP contribution in [0.15, 0.2) is 41.1 Å². The van der Waals surface area contributed by atoms with E-state index in [1.807, 2.05) is 40.6 Å². The Balaban J connectivity index is 2.03. The molecule has 90 valence electrons. The van der Waals surface area contributed by atoms with E-state index in [2.05, 4.69) is 5.38 Å². The third-order valence-electron chi connectivity index (χ3n) is 3.69. The molecular formula is C14H11NO2S. The summed E-state index contributed by atoms with van der Waals surface area (Å²) in [5.74, 6) is 0.0781. The van der Waals surface area contributed by atoms with Gasteiger partial charge in [-0.25, -0.2) is 0 Å². The summed E-state index contributed by atoms with van der Waals surface area (Å²) in [6.45, 7) is 1.25. The number of carbonyl (C=O) groups is 1. The lowest BCUT2D eigenvalue weighted by atomic mass is 9.96. The predicted octanol–water partition coefficient (Wildman–Crippen LogP) is 2.44. The van der Waals surface area contributed by atoms with Crippen molar-refractivity contribution in [3.63, 3.8) is 0 Å². The van der Waals surface area contributed by atoms with Gasteiger partial charge in [-0.05, 0) is 22.9 Å². The molecule has 0 saturated carbocycles. The Bertz CT molecular complexity index is 622. The molecule has 1 fully saturated rings. The summed E-state index contributed by atoms with van der Waals surface area (Å²) in [5, 5.41) is 4.09. The average Bonchev–Trinajstić information content (AvgIpc) is 3.09. The van der Waals surface area contributed by atoms with E-state index < -0.39 is 5.72 Å². The van der Waals surface area contributed by atoms with Crippen LogP contribution in [0.5, 0.6) is 0 Å². The smallest absolute Gasteiger partial charge is 0.257 e. The molecule has 0 spiro atoms. The minimum atomic E-state index is -0.673. The number of ether oxygens (including phenoxy) is 1. The zero-order chi connectivity index (χ0) is 12.2. The molecule has 2 aliphatic heterocycles. The van der Waals surface area contributed by atoms with Crippen LogP contribution in [-0.4, -0.2) is 24.0 Å². The van der Waals surface area contributed by atoms with Gasteiger partial charge >= 0.3 is 0 Å². The van der Waals surface area contributed by atoms with Crippen LogP contribution in [0, 0.1) is 0 Å². The van der Waals surface area contributed by atoms with Crippen molar-refractivity contribution < 1.29 is 9.53 Å². The first-order valence-corrected chi connectivity index (χ1v) is 6.86. The molecule has 4 rings (SSSR count). The van der Waals surface area contributed by atoms with Crippen LogP contribution in [0.3, 0.4) is 0 Å². The van der Waals surface area contributed by atoms with Gasteiger partial charge in [-0.15, -0.1) is 0 Å². The molecule has 1 unspecified atom stereocenters. The zero-order valence-electron chi connectivity index (χ0n) is 9.63. The second-order valence-electron chi connectivity index (χ2n) is 4.51. The van der Waals surface area contributed by atoms with Gasteiger partial charge in [0, 0.05) is 23.2 Å². The van der Waals surface area contributed by atoms with Crippen LogP contribution in [0.25, 0.3) is 0 Å². The summed E-state index contributed by atoms with van der Waals surface area (Å²) in [5.41, 5.74) is 2.13. The number of carbonyl (C=O) groups excluding carboxylic acids is 1. The molecule has 1 atom stereocenters. The topological polar surface area (TPSA) is 29.5 Å². The van der Waals surface area contributed by atoms with Crippen molar-refractivity contribution in [2.75, 3.05) is 13.2 Å². The fraction of sp³-hybridized carbons (Fsp3) is 0.214. The van der Waals surface area contributed by atoms with E-state index in [0.717, 1.165) is 16.7 Å². The van der Waals surface area contributed by atoms with Gasteiger partial charge in [0.1, 0.15) is 0 Å². The number of fused-ring (bicyclic) bond motifs is 3. The van der Waals surface area contributed by atoms with E-state index in [0.29, 0.717) is 13.2 Å². The molecule has 2 aromatic rings. The van der Waals surface area contributed by atoms with Crippen molar-refractivity contribution in [3.8, 4) is 0 Å². The van der Waals surface area contributed by atoms with Crippen LogP contribution < -0.4 is 0 Å². The largest absolute Gasteiger partial charge is 0.345 e. The molecule has 3 heterocycles. The van der Waals surface area contributed by atoms with Gasteiger partial charge in [0.2, 0.25) is 0 Å². The SMILES string of the molecule is O=C1c2ccccc2C2(c3ccsc3)OCCN12. The molecular weight excluding hydrogens is 246 g/mol. The Labute approximate surface area is 109 Å². The fourth-order valence-corrected chi connectivity index (χ4v) is 3.64. The molecule has 0 N–H and O–H groups in total. The van der Waals surface area contributed by atoms with Crippen LogP contribution in [0.2, 0.25) is 0 Å². The van der Waals surface area contributed by atoms with Gasteiger partial charge in [0.15, 0.2) is 5.72 Å². The second-order valence-corrected chi connectivity index (χ2v) is 5.29. The summed E-state index contributed by atoms with van der Waals surface area (Å²) in [6.07, 6.45) is 0.